The van der Waals surface area contributed by atoms with Crippen LogP contribution in [0.15, 0.2) is 0 Å². The summed E-state index contributed by atoms with van der Waals surface area (Å²) in [5, 5.41) is 11.8. The van der Waals surface area contributed by atoms with E-state index >= 15 is 0 Å². The Bertz CT molecular complexity index is 381. The Morgan fingerprint density at radius 2 is 1.95 bits per heavy atom. The second-order valence-corrected chi connectivity index (χ2v) is 6.19. The third kappa shape index (κ3) is 2.14. The topological polar surface area (TPSA) is 75.6 Å². The van der Waals surface area contributed by atoms with Crippen molar-refractivity contribution in [2.45, 2.75) is 31.7 Å². The van der Waals surface area contributed by atoms with Gasteiger partial charge in [-0.2, -0.15) is 0 Å². The zero-order valence-electron chi connectivity index (χ0n) is 11.2. The van der Waals surface area contributed by atoms with Gasteiger partial charge >= 0.3 is 5.97 Å². The number of amides is 1. The molecule has 0 spiro atoms. The molecule has 0 saturated heterocycles. The third-order valence-corrected chi connectivity index (χ3v) is 5.26. The van der Waals surface area contributed by atoms with Crippen molar-refractivity contribution in [3.8, 4) is 0 Å². The van der Waals surface area contributed by atoms with Crippen LogP contribution >= 0.6 is 0 Å². The maximum Gasteiger partial charge on any atom is 0.326 e. The average Bonchev–Trinajstić information content (AvgIpc) is 2.83. The second-order valence-electron chi connectivity index (χ2n) is 6.19. The number of carbonyl (C=O) groups excluding carboxylic acids is 1. The van der Waals surface area contributed by atoms with Crippen molar-refractivity contribution in [2.24, 2.45) is 29.6 Å². The normalized spacial score (nSPS) is 39.7. The first-order valence-corrected chi connectivity index (χ1v) is 7.15. The molecule has 3 rings (SSSR count). The fourth-order valence-electron chi connectivity index (χ4n) is 4.44. The van der Waals surface area contributed by atoms with Crippen molar-refractivity contribution in [3.05, 3.63) is 0 Å². The van der Waals surface area contributed by atoms with Crippen molar-refractivity contribution < 1.29 is 19.4 Å². The van der Waals surface area contributed by atoms with Gasteiger partial charge in [0, 0.05) is 26.1 Å². The van der Waals surface area contributed by atoms with Crippen molar-refractivity contribution in [3.63, 3.8) is 0 Å². The molecular formula is C14H21NO4. The summed E-state index contributed by atoms with van der Waals surface area (Å²) in [7, 11) is 1.53. The predicted octanol–water partition coefficient (Wildman–Crippen LogP) is 0.884. The summed E-state index contributed by atoms with van der Waals surface area (Å²) in [5.74, 6) is 1.64. The molecule has 3 aliphatic rings. The molecule has 2 N–H and O–H groups in total. The Morgan fingerprint density at radius 1 is 1.32 bits per heavy atom. The summed E-state index contributed by atoms with van der Waals surface area (Å²) in [6.45, 7) is 0.347. The van der Waals surface area contributed by atoms with Gasteiger partial charge in [-0.25, -0.2) is 4.79 Å². The molecule has 3 fully saturated rings. The van der Waals surface area contributed by atoms with Crippen LogP contribution in [-0.4, -0.2) is 36.7 Å². The van der Waals surface area contributed by atoms with Crippen LogP contribution in [-0.2, 0) is 14.3 Å². The summed E-state index contributed by atoms with van der Waals surface area (Å²) in [4.78, 5) is 23.3. The molecule has 5 heteroatoms. The highest BCUT2D eigenvalue weighted by molar-refractivity contribution is 5.87. The molecule has 19 heavy (non-hydrogen) atoms. The first kappa shape index (κ1) is 12.9. The predicted molar refractivity (Wildman–Crippen MR) is 67.4 cm³/mol. The van der Waals surface area contributed by atoms with Crippen LogP contribution in [0.3, 0.4) is 0 Å². The Balaban J connectivity index is 1.55. The average molecular weight is 267 g/mol. The molecule has 0 aromatic heterocycles. The largest absolute Gasteiger partial charge is 0.480 e. The van der Waals surface area contributed by atoms with E-state index in [0.29, 0.717) is 24.9 Å². The number of ether oxygens (including phenoxy) is 1. The number of aliphatic carboxylic acids is 1. The van der Waals surface area contributed by atoms with Crippen LogP contribution < -0.4 is 5.32 Å². The molecule has 3 saturated carbocycles. The van der Waals surface area contributed by atoms with Crippen LogP contribution in [0.5, 0.6) is 0 Å². The summed E-state index contributed by atoms with van der Waals surface area (Å²) in [6, 6.07) is -0.813. The van der Waals surface area contributed by atoms with Crippen molar-refractivity contribution in [1.82, 2.24) is 5.32 Å². The van der Waals surface area contributed by atoms with Crippen LogP contribution in [0.4, 0.5) is 0 Å². The Labute approximate surface area is 112 Å². The molecule has 0 radical (unpaired) electrons. The van der Waals surface area contributed by atoms with E-state index < -0.39 is 12.0 Å². The van der Waals surface area contributed by atoms with E-state index in [0.717, 1.165) is 11.8 Å². The monoisotopic (exact) mass is 267 g/mol. The number of nitrogens with one attached hydrogen (secondary N) is 1. The minimum atomic E-state index is -0.973. The molecular weight excluding hydrogens is 246 g/mol. The van der Waals surface area contributed by atoms with Crippen LogP contribution in [0.1, 0.15) is 25.7 Å². The van der Waals surface area contributed by atoms with Crippen molar-refractivity contribution in [1.29, 1.82) is 0 Å². The van der Waals surface area contributed by atoms with Gasteiger partial charge < -0.3 is 15.2 Å². The van der Waals surface area contributed by atoms with E-state index in [1.807, 2.05) is 0 Å². The molecule has 5 unspecified atom stereocenters. The smallest absolute Gasteiger partial charge is 0.326 e. The molecule has 0 heterocycles. The number of methoxy groups -OCH3 is 1. The maximum atomic E-state index is 12.2. The van der Waals surface area contributed by atoms with Gasteiger partial charge in [0.05, 0.1) is 0 Å². The number of rotatable bonds is 6. The number of fused-ring (bicyclic) bond motifs is 5. The first-order chi connectivity index (χ1) is 9.13. The lowest BCUT2D eigenvalue weighted by molar-refractivity contribution is -0.142. The van der Waals surface area contributed by atoms with E-state index in [4.69, 9.17) is 9.84 Å². The third-order valence-electron chi connectivity index (χ3n) is 5.26. The van der Waals surface area contributed by atoms with Crippen LogP contribution in [0.25, 0.3) is 0 Å². The van der Waals surface area contributed by atoms with Crippen molar-refractivity contribution in [2.75, 3.05) is 13.7 Å². The summed E-state index contributed by atoms with van der Waals surface area (Å²) in [5.41, 5.74) is 0. The van der Waals surface area contributed by atoms with Gasteiger partial charge in [0.25, 0.3) is 0 Å². The lowest BCUT2D eigenvalue weighted by Crippen LogP contribution is -2.43. The van der Waals surface area contributed by atoms with Gasteiger partial charge in [-0.15, -0.1) is 0 Å². The molecule has 1 amide bonds. The number of hydrogen-bond acceptors (Lipinski definition) is 3. The lowest BCUT2D eigenvalue weighted by Gasteiger charge is -2.15. The van der Waals surface area contributed by atoms with Gasteiger partial charge in [0.2, 0.25) is 5.91 Å². The Kier molecular flexibility index (Phi) is 3.25. The minimum Gasteiger partial charge on any atom is -0.480 e. The number of hydrogen-bond donors (Lipinski definition) is 2. The summed E-state index contributed by atoms with van der Waals surface area (Å²) >= 11 is 0. The molecule has 3 aliphatic carbocycles. The highest BCUT2D eigenvalue weighted by atomic mass is 16.5. The Hall–Kier alpha value is -1.10. The fourth-order valence-corrected chi connectivity index (χ4v) is 4.44. The molecule has 106 valence electrons. The number of carboxylic acid groups (broad SMARTS) is 1. The number of carbonyl (C=O) groups is 2. The van der Waals surface area contributed by atoms with Gasteiger partial charge in [0.1, 0.15) is 6.04 Å². The minimum absolute atomic E-state index is 0.0462. The van der Waals surface area contributed by atoms with Crippen molar-refractivity contribution >= 4 is 11.9 Å². The molecule has 2 bridgehead atoms. The van der Waals surface area contributed by atoms with Gasteiger partial charge in [-0.3, -0.25) is 4.79 Å². The molecule has 5 atom stereocenters. The van der Waals surface area contributed by atoms with Gasteiger partial charge in [-0.05, 0) is 42.9 Å². The molecule has 0 aromatic rings. The quantitative estimate of drug-likeness (QED) is 0.749. The summed E-state index contributed by atoms with van der Waals surface area (Å²) in [6.07, 6.45) is 4.15. The fraction of sp³-hybridized carbons (Fsp3) is 0.857. The van der Waals surface area contributed by atoms with E-state index in [9.17, 15) is 9.59 Å². The zero-order chi connectivity index (χ0) is 13.6. The van der Waals surface area contributed by atoms with E-state index in [2.05, 4.69) is 5.32 Å². The highest BCUT2D eigenvalue weighted by Gasteiger charge is 2.67. The SMILES string of the molecule is COCCC(NC(=O)C1C2C3CCC(C3)C12)C(=O)O. The molecule has 0 aliphatic heterocycles. The lowest BCUT2D eigenvalue weighted by atomic mass is 10.0. The maximum absolute atomic E-state index is 12.2. The summed E-state index contributed by atoms with van der Waals surface area (Å²) < 4.78 is 4.88. The van der Waals surface area contributed by atoms with E-state index in [-0.39, 0.29) is 11.8 Å². The molecule has 5 nitrogen and oxygen atoms in total. The first-order valence-electron chi connectivity index (χ1n) is 7.15. The second kappa shape index (κ2) is 4.78. The standard InChI is InChI=1S/C14H21NO4/c1-19-5-4-9(14(17)18)15-13(16)12-10-7-2-3-8(6-7)11(10)12/h7-12H,2-6H2,1H3,(H,15,16)(H,17,18). The van der Waals surface area contributed by atoms with Crippen LogP contribution in [0.2, 0.25) is 0 Å². The van der Waals surface area contributed by atoms with Crippen LogP contribution in [0, 0.1) is 29.6 Å². The number of carboxylic acids is 1. The Morgan fingerprint density at radius 3 is 2.47 bits per heavy atom. The van der Waals surface area contributed by atoms with Gasteiger partial charge in [0.15, 0.2) is 0 Å². The zero-order valence-corrected chi connectivity index (χ0v) is 11.2. The van der Waals surface area contributed by atoms with Gasteiger partial charge in [-0.1, -0.05) is 0 Å². The van der Waals surface area contributed by atoms with E-state index in [1.54, 1.807) is 0 Å². The van der Waals surface area contributed by atoms with E-state index in [1.165, 1.54) is 26.4 Å². The highest BCUT2D eigenvalue weighted by Crippen LogP contribution is 2.69. The molecule has 0 aromatic carbocycles.